The summed E-state index contributed by atoms with van der Waals surface area (Å²) in [6, 6.07) is 1.55. The second kappa shape index (κ2) is 3.33. The highest BCUT2D eigenvalue weighted by Crippen LogP contribution is 2.04. The molecule has 1 amide bonds. The Hall–Kier alpha value is -2.11. The summed E-state index contributed by atoms with van der Waals surface area (Å²) in [4.78, 5) is 18.0. The molecule has 0 radical (unpaired) electrons. The summed E-state index contributed by atoms with van der Waals surface area (Å²) in [6.45, 7) is 1.72. The van der Waals surface area contributed by atoms with Gasteiger partial charge in [-0.3, -0.25) is 10.1 Å². The normalized spacial score (nSPS) is 10.1. The number of nitrogens with zero attached hydrogens (tertiary/aromatic N) is 2. The minimum absolute atomic E-state index is 0.235. The molecule has 72 valence electrons. The smallest absolute Gasteiger partial charge is 0.280 e. The lowest BCUT2D eigenvalue weighted by Gasteiger charge is -1.95. The zero-order valence-corrected chi connectivity index (χ0v) is 7.44. The monoisotopic (exact) mass is 192 g/mol. The first kappa shape index (κ1) is 8.49. The van der Waals surface area contributed by atoms with Gasteiger partial charge in [0.05, 0.1) is 0 Å². The van der Waals surface area contributed by atoms with Crippen molar-refractivity contribution in [2.75, 3.05) is 5.32 Å². The number of H-pyrrole nitrogens is 1. The maximum absolute atomic E-state index is 11.4. The summed E-state index contributed by atoms with van der Waals surface area (Å²) in [5, 5.41) is 6.09. The highest BCUT2D eigenvalue weighted by Gasteiger charge is 2.11. The molecule has 2 aromatic heterocycles. The third-order valence-corrected chi connectivity index (χ3v) is 1.59. The molecule has 2 aromatic rings. The zero-order valence-electron chi connectivity index (χ0n) is 7.44. The number of aromatic amines is 1. The topological polar surface area (TPSA) is 83.8 Å². The molecule has 0 atom stereocenters. The number of aryl methyl sites for hydroxylation is 1. The molecule has 14 heavy (non-hydrogen) atoms. The summed E-state index contributed by atoms with van der Waals surface area (Å²) >= 11 is 0. The number of imidazole rings is 1. The molecule has 0 saturated heterocycles. The molecule has 0 fully saturated rings. The van der Waals surface area contributed by atoms with E-state index in [0.29, 0.717) is 11.7 Å². The van der Waals surface area contributed by atoms with Crippen LogP contribution in [0, 0.1) is 6.92 Å². The van der Waals surface area contributed by atoms with Crippen LogP contribution < -0.4 is 5.32 Å². The van der Waals surface area contributed by atoms with Crippen LogP contribution in [0.5, 0.6) is 0 Å². The Bertz CT molecular complexity index is 432. The molecule has 2 heterocycles. The van der Waals surface area contributed by atoms with E-state index in [4.69, 9.17) is 4.52 Å². The second-order valence-electron chi connectivity index (χ2n) is 2.71. The predicted molar refractivity (Wildman–Crippen MR) is 47.8 cm³/mol. The van der Waals surface area contributed by atoms with Crippen LogP contribution in [-0.4, -0.2) is 21.0 Å². The van der Waals surface area contributed by atoms with E-state index >= 15 is 0 Å². The van der Waals surface area contributed by atoms with Crippen LogP contribution in [0.2, 0.25) is 0 Å². The van der Waals surface area contributed by atoms with Gasteiger partial charge in [-0.15, -0.1) is 0 Å². The van der Waals surface area contributed by atoms with E-state index in [0.717, 1.165) is 0 Å². The first-order valence-corrected chi connectivity index (χ1v) is 4.00. The maximum Gasteiger partial charge on any atom is 0.280 e. The van der Waals surface area contributed by atoms with Gasteiger partial charge in [0.25, 0.3) is 5.91 Å². The van der Waals surface area contributed by atoms with Crippen LogP contribution in [-0.2, 0) is 0 Å². The number of carbonyl (C=O) groups is 1. The average Bonchev–Trinajstić information content (AvgIpc) is 2.75. The van der Waals surface area contributed by atoms with Gasteiger partial charge >= 0.3 is 0 Å². The van der Waals surface area contributed by atoms with Crippen molar-refractivity contribution in [3.05, 3.63) is 29.9 Å². The molecule has 6 heteroatoms. The van der Waals surface area contributed by atoms with Crippen molar-refractivity contribution in [3.8, 4) is 0 Å². The molecule has 0 unspecified atom stereocenters. The van der Waals surface area contributed by atoms with E-state index < -0.39 is 0 Å². The molecule has 0 aliphatic rings. The number of hydrogen-bond acceptors (Lipinski definition) is 4. The second-order valence-corrected chi connectivity index (χ2v) is 2.71. The average molecular weight is 192 g/mol. The van der Waals surface area contributed by atoms with Gasteiger partial charge in [0.1, 0.15) is 5.76 Å². The molecule has 2 rings (SSSR count). The van der Waals surface area contributed by atoms with Crippen LogP contribution in [0.4, 0.5) is 5.95 Å². The Morgan fingerprint density at radius 2 is 2.50 bits per heavy atom. The van der Waals surface area contributed by atoms with E-state index in [1.807, 2.05) is 0 Å². The first-order chi connectivity index (χ1) is 6.75. The van der Waals surface area contributed by atoms with Crippen molar-refractivity contribution in [1.82, 2.24) is 15.1 Å². The lowest BCUT2D eigenvalue weighted by Crippen LogP contribution is -2.13. The minimum atomic E-state index is -0.350. The summed E-state index contributed by atoms with van der Waals surface area (Å²) in [5.41, 5.74) is 0.235. The van der Waals surface area contributed by atoms with Gasteiger partial charge in [0.2, 0.25) is 5.95 Å². The lowest BCUT2D eigenvalue weighted by atomic mass is 10.3. The van der Waals surface area contributed by atoms with Crippen molar-refractivity contribution in [2.45, 2.75) is 6.92 Å². The van der Waals surface area contributed by atoms with Gasteiger partial charge < -0.3 is 9.51 Å². The van der Waals surface area contributed by atoms with E-state index in [-0.39, 0.29) is 11.6 Å². The highest BCUT2D eigenvalue weighted by atomic mass is 16.5. The van der Waals surface area contributed by atoms with Gasteiger partial charge in [0, 0.05) is 18.5 Å². The Morgan fingerprint density at radius 3 is 3.07 bits per heavy atom. The van der Waals surface area contributed by atoms with Gasteiger partial charge in [-0.05, 0) is 6.92 Å². The number of nitrogens with one attached hydrogen (secondary N) is 2. The fourth-order valence-electron chi connectivity index (χ4n) is 0.979. The SMILES string of the molecule is Cc1cc(C(=O)Nc2ncc[nH]2)no1. The van der Waals surface area contributed by atoms with E-state index in [2.05, 4.69) is 20.4 Å². The number of rotatable bonds is 2. The van der Waals surface area contributed by atoms with E-state index in [1.165, 1.54) is 0 Å². The van der Waals surface area contributed by atoms with Crippen LogP contribution in [0.25, 0.3) is 0 Å². The molecule has 0 bridgehead atoms. The van der Waals surface area contributed by atoms with Crippen LogP contribution in [0.15, 0.2) is 23.0 Å². The maximum atomic E-state index is 11.4. The Labute approximate surface area is 79.3 Å². The molecule has 0 spiro atoms. The number of aromatic nitrogens is 3. The van der Waals surface area contributed by atoms with Gasteiger partial charge in [-0.1, -0.05) is 5.16 Å². The number of carbonyl (C=O) groups excluding carboxylic acids is 1. The Morgan fingerprint density at radius 1 is 1.64 bits per heavy atom. The fraction of sp³-hybridized carbons (Fsp3) is 0.125. The zero-order chi connectivity index (χ0) is 9.97. The van der Waals surface area contributed by atoms with Crippen molar-refractivity contribution >= 4 is 11.9 Å². The number of hydrogen-bond donors (Lipinski definition) is 2. The van der Waals surface area contributed by atoms with Gasteiger partial charge in [0.15, 0.2) is 5.69 Å². The van der Waals surface area contributed by atoms with E-state index in [1.54, 1.807) is 25.4 Å². The van der Waals surface area contributed by atoms with Crippen LogP contribution in [0.3, 0.4) is 0 Å². The summed E-state index contributed by atoms with van der Waals surface area (Å²) in [6.07, 6.45) is 3.16. The van der Waals surface area contributed by atoms with Crippen molar-refractivity contribution < 1.29 is 9.32 Å². The molecule has 0 aliphatic carbocycles. The largest absolute Gasteiger partial charge is 0.361 e. The number of amides is 1. The molecule has 0 saturated carbocycles. The predicted octanol–water partition coefficient (Wildman–Crippen LogP) is 0.958. The van der Waals surface area contributed by atoms with E-state index in [9.17, 15) is 4.79 Å². The Balaban J connectivity index is 2.10. The van der Waals surface area contributed by atoms with Crippen molar-refractivity contribution in [2.24, 2.45) is 0 Å². The summed E-state index contributed by atoms with van der Waals surface area (Å²) in [7, 11) is 0. The third kappa shape index (κ3) is 1.63. The standard InChI is InChI=1S/C8H8N4O2/c1-5-4-6(12-14-5)7(13)11-8-9-2-3-10-8/h2-4H,1H3,(H2,9,10,11,13). The first-order valence-electron chi connectivity index (χ1n) is 4.00. The summed E-state index contributed by atoms with van der Waals surface area (Å²) in [5.74, 6) is 0.627. The Kier molecular flexibility index (Phi) is 2.02. The molecule has 0 aromatic carbocycles. The van der Waals surface area contributed by atoms with Gasteiger partial charge in [-0.25, -0.2) is 4.98 Å². The van der Waals surface area contributed by atoms with Crippen molar-refractivity contribution in [1.29, 1.82) is 0 Å². The molecule has 0 aliphatic heterocycles. The number of anilines is 1. The molecular formula is C8H8N4O2. The van der Waals surface area contributed by atoms with Gasteiger partial charge in [-0.2, -0.15) is 0 Å². The van der Waals surface area contributed by atoms with Crippen LogP contribution in [0.1, 0.15) is 16.2 Å². The summed E-state index contributed by atoms with van der Waals surface area (Å²) < 4.78 is 4.76. The fourth-order valence-corrected chi connectivity index (χ4v) is 0.979. The molecular weight excluding hydrogens is 184 g/mol. The third-order valence-electron chi connectivity index (χ3n) is 1.59. The quantitative estimate of drug-likeness (QED) is 0.742. The molecule has 2 N–H and O–H groups in total. The highest BCUT2D eigenvalue weighted by molar-refractivity contribution is 6.01. The van der Waals surface area contributed by atoms with Crippen molar-refractivity contribution in [3.63, 3.8) is 0 Å². The van der Waals surface area contributed by atoms with Crippen LogP contribution >= 0.6 is 0 Å². The lowest BCUT2D eigenvalue weighted by molar-refractivity contribution is 0.101. The minimum Gasteiger partial charge on any atom is -0.361 e. The molecule has 6 nitrogen and oxygen atoms in total.